The standard InChI is InChI=1S/C27H30N2O3S/c1-2-21-17-25(29-15-13-23(14-16-29)22-11-7-4-8-12-22)26(18-24(21)27(28)30)33(31,32)19-20-9-5-3-6-10-20/h3-12,17-18,23H,2,13-16,19H2,1H3,(H2,28,30). The molecule has 3 aromatic carbocycles. The molecule has 6 heteroatoms. The fraction of sp³-hybridized carbons (Fsp3) is 0.296. The van der Waals surface area contributed by atoms with E-state index in [9.17, 15) is 13.2 Å². The van der Waals surface area contributed by atoms with Crippen molar-refractivity contribution in [3.05, 3.63) is 95.1 Å². The highest BCUT2D eigenvalue weighted by atomic mass is 32.2. The van der Waals surface area contributed by atoms with E-state index in [1.165, 1.54) is 11.6 Å². The number of carbonyl (C=O) groups excluding carboxylic acids is 1. The first kappa shape index (κ1) is 23.1. The van der Waals surface area contributed by atoms with Gasteiger partial charge in [-0.2, -0.15) is 0 Å². The Bertz CT molecular complexity index is 1220. The lowest BCUT2D eigenvalue weighted by Gasteiger charge is -2.35. The maximum absolute atomic E-state index is 13.5. The number of sulfone groups is 1. The number of rotatable bonds is 7. The summed E-state index contributed by atoms with van der Waals surface area (Å²) < 4.78 is 27.1. The number of aryl methyl sites for hydroxylation is 1. The van der Waals surface area contributed by atoms with E-state index >= 15 is 0 Å². The van der Waals surface area contributed by atoms with E-state index in [0.29, 0.717) is 23.6 Å². The van der Waals surface area contributed by atoms with Gasteiger partial charge in [-0.3, -0.25) is 4.79 Å². The summed E-state index contributed by atoms with van der Waals surface area (Å²) in [7, 11) is -3.69. The molecule has 1 saturated heterocycles. The highest BCUT2D eigenvalue weighted by Gasteiger charge is 2.28. The van der Waals surface area contributed by atoms with E-state index in [1.807, 2.05) is 37.3 Å². The third kappa shape index (κ3) is 5.11. The zero-order valence-corrected chi connectivity index (χ0v) is 19.7. The minimum atomic E-state index is -3.69. The van der Waals surface area contributed by atoms with Gasteiger partial charge in [-0.15, -0.1) is 0 Å². The van der Waals surface area contributed by atoms with Gasteiger partial charge in [-0.05, 0) is 54.0 Å². The molecular weight excluding hydrogens is 432 g/mol. The van der Waals surface area contributed by atoms with Gasteiger partial charge in [0.25, 0.3) is 0 Å². The molecule has 1 amide bonds. The Labute approximate surface area is 196 Å². The maximum Gasteiger partial charge on any atom is 0.249 e. The Morgan fingerprint density at radius 1 is 0.970 bits per heavy atom. The van der Waals surface area contributed by atoms with Crippen LogP contribution in [0.15, 0.2) is 77.7 Å². The van der Waals surface area contributed by atoms with Crippen molar-refractivity contribution < 1.29 is 13.2 Å². The molecule has 5 nitrogen and oxygen atoms in total. The lowest BCUT2D eigenvalue weighted by atomic mass is 9.89. The number of nitrogens with zero attached hydrogens (tertiary/aromatic N) is 1. The molecule has 0 aromatic heterocycles. The van der Waals surface area contributed by atoms with Crippen LogP contribution >= 0.6 is 0 Å². The van der Waals surface area contributed by atoms with E-state index in [4.69, 9.17) is 5.73 Å². The molecule has 1 aliphatic rings. The number of carbonyl (C=O) groups is 1. The summed E-state index contributed by atoms with van der Waals surface area (Å²) in [6, 6.07) is 23.0. The number of primary amides is 1. The van der Waals surface area contributed by atoms with Crippen LogP contribution in [0.1, 0.15) is 52.7 Å². The number of benzene rings is 3. The minimum Gasteiger partial charge on any atom is -0.370 e. The fourth-order valence-corrected chi connectivity index (χ4v) is 6.27. The summed E-state index contributed by atoms with van der Waals surface area (Å²) >= 11 is 0. The molecule has 2 N–H and O–H groups in total. The number of anilines is 1. The van der Waals surface area contributed by atoms with Gasteiger partial charge in [0.15, 0.2) is 9.84 Å². The second-order valence-corrected chi connectivity index (χ2v) is 10.6. The third-order valence-corrected chi connectivity index (χ3v) is 8.18. The van der Waals surface area contributed by atoms with Gasteiger partial charge in [0.05, 0.1) is 16.3 Å². The molecule has 0 atom stereocenters. The van der Waals surface area contributed by atoms with Crippen LogP contribution in [0, 0.1) is 0 Å². The van der Waals surface area contributed by atoms with Crippen molar-refractivity contribution in [3.63, 3.8) is 0 Å². The van der Waals surface area contributed by atoms with E-state index in [0.717, 1.165) is 31.5 Å². The molecule has 3 aromatic rings. The normalized spacial score (nSPS) is 14.9. The van der Waals surface area contributed by atoms with Crippen molar-refractivity contribution in [1.29, 1.82) is 0 Å². The second kappa shape index (κ2) is 9.79. The van der Waals surface area contributed by atoms with Crippen molar-refractivity contribution in [3.8, 4) is 0 Å². The molecule has 4 rings (SSSR count). The summed E-state index contributed by atoms with van der Waals surface area (Å²) in [6.45, 7) is 3.46. The second-order valence-electron chi connectivity index (χ2n) is 8.61. The first-order valence-corrected chi connectivity index (χ1v) is 13.1. The van der Waals surface area contributed by atoms with E-state index < -0.39 is 15.7 Å². The largest absolute Gasteiger partial charge is 0.370 e. The summed E-state index contributed by atoms with van der Waals surface area (Å²) in [5.74, 6) is -0.259. The number of nitrogens with two attached hydrogens (primary N) is 1. The van der Waals surface area contributed by atoms with Crippen LogP contribution in [-0.2, 0) is 22.0 Å². The first-order chi connectivity index (χ1) is 15.9. The number of piperidine rings is 1. The molecule has 0 bridgehead atoms. The number of hydrogen-bond donors (Lipinski definition) is 1. The molecule has 172 valence electrons. The van der Waals surface area contributed by atoms with E-state index in [2.05, 4.69) is 29.2 Å². The average Bonchev–Trinajstić information content (AvgIpc) is 2.84. The Hall–Kier alpha value is -3.12. The highest BCUT2D eigenvalue weighted by molar-refractivity contribution is 7.90. The van der Waals surface area contributed by atoms with Gasteiger partial charge in [0, 0.05) is 18.7 Å². The molecule has 0 unspecified atom stereocenters. The lowest BCUT2D eigenvalue weighted by molar-refractivity contribution is 0.0999. The lowest BCUT2D eigenvalue weighted by Crippen LogP contribution is -2.34. The molecule has 1 fully saturated rings. The van der Waals surface area contributed by atoms with Crippen LogP contribution in [0.3, 0.4) is 0 Å². The Balaban J connectivity index is 1.70. The molecule has 0 saturated carbocycles. The third-order valence-electron chi connectivity index (χ3n) is 6.47. The van der Waals surface area contributed by atoms with Gasteiger partial charge < -0.3 is 10.6 Å². The van der Waals surface area contributed by atoms with Gasteiger partial charge >= 0.3 is 0 Å². The summed E-state index contributed by atoms with van der Waals surface area (Å²) in [4.78, 5) is 14.5. The van der Waals surface area contributed by atoms with Crippen LogP contribution in [-0.4, -0.2) is 27.4 Å². The topological polar surface area (TPSA) is 80.5 Å². The summed E-state index contributed by atoms with van der Waals surface area (Å²) in [6.07, 6.45) is 2.49. The Morgan fingerprint density at radius 3 is 2.15 bits per heavy atom. The maximum atomic E-state index is 13.5. The Kier molecular flexibility index (Phi) is 6.84. The SMILES string of the molecule is CCc1cc(N2CCC(c3ccccc3)CC2)c(S(=O)(=O)Cc2ccccc2)cc1C(N)=O. The van der Waals surface area contributed by atoms with Gasteiger partial charge in [0.1, 0.15) is 0 Å². The van der Waals surface area contributed by atoms with Crippen LogP contribution in [0.4, 0.5) is 5.69 Å². The van der Waals surface area contributed by atoms with Crippen molar-refractivity contribution in [2.24, 2.45) is 5.73 Å². The van der Waals surface area contributed by atoms with Gasteiger partial charge in [0.2, 0.25) is 5.91 Å². The first-order valence-electron chi connectivity index (χ1n) is 11.4. The molecule has 33 heavy (non-hydrogen) atoms. The molecule has 0 spiro atoms. The van der Waals surface area contributed by atoms with E-state index in [1.54, 1.807) is 12.1 Å². The quantitative estimate of drug-likeness (QED) is 0.552. The smallest absolute Gasteiger partial charge is 0.249 e. The fourth-order valence-electron chi connectivity index (χ4n) is 4.68. The van der Waals surface area contributed by atoms with Crippen LogP contribution in [0.25, 0.3) is 0 Å². The number of hydrogen-bond acceptors (Lipinski definition) is 4. The monoisotopic (exact) mass is 462 g/mol. The molecule has 0 radical (unpaired) electrons. The zero-order valence-electron chi connectivity index (χ0n) is 18.9. The molecule has 0 aliphatic carbocycles. The van der Waals surface area contributed by atoms with Gasteiger partial charge in [-0.1, -0.05) is 67.6 Å². The highest BCUT2D eigenvalue weighted by Crippen LogP contribution is 2.36. The molecule has 1 heterocycles. The zero-order chi connectivity index (χ0) is 23.4. The molecular formula is C27H30N2O3S. The van der Waals surface area contributed by atoms with Crippen molar-refractivity contribution in [1.82, 2.24) is 0 Å². The van der Waals surface area contributed by atoms with Crippen molar-refractivity contribution in [2.45, 2.75) is 42.8 Å². The minimum absolute atomic E-state index is 0.120. The van der Waals surface area contributed by atoms with Gasteiger partial charge in [-0.25, -0.2) is 8.42 Å². The summed E-state index contributed by atoms with van der Waals surface area (Å²) in [5, 5.41) is 0. The van der Waals surface area contributed by atoms with Crippen LogP contribution in [0.2, 0.25) is 0 Å². The van der Waals surface area contributed by atoms with Crippen LogP contribution < -0.4 is 10.6 Å². The molecule has 1 aliphatic heterocycles. The van der Waals surface area contributed by atoms with Crippen molar-refractivity contribution in [2.75, 3.05) is 18.0 Å². The predicted octanol–water partition coefficient (Wildman–Crippen LogP) is 4.71. The number of amides is 1. The average molecular weight is 463 g/mol. The van der Waals surface area contributed by atoms with E-state index in [-0.39, 0.29) is 16.2 Å². The predicted molar refractivity (Wildman–Crippen MR) is 132 cm³/mol. The van der Waals surface area contributed by atoms with Crippen molar-refractivity contribution >= 4 is 21.4 Å². The van der Waals surface area contributed by atoms with Crippen LogP contribution in [0.5, 0.6) is 0 Å². The summed E-state index contributed by atoms with van der Waals surface area (Å²) in [5.41, 5.74) is 9.40. The Morgan fingerprint density at radius 2 is 1.58 bits per heavy atom.